The van der Waals surface area contributed by atoms with Crippen molar-refractivity contribution < 1.29 is 9.53 Å². The number of rotatable bonds is 4. The van der Waals surface area contributed by atoms with Gasteiger partial charge in [-0.05, 0) is 43.0 Å². The molecule has 3 rings (SSSR count). The highest BCUT2D eigenvalue weighted by Crippen LogP contribution is 2.31. The molecule has 126 valence electrons. The van der Waals surface area contributed by atoms with Crippen LogP contribution >= 0.6 is 0 Å². The molecule has 2 unspecified atom stereocenters. The topological polar surface area (TPSA) is 64.3 Å². The lowest BCUT2D eigenvalue weighted by molar-refractivity contribution is -0.120. The number of hydrogen-bond acceptors (Lipinski definition) is 3. The van der Waals surface area contributed by atoms with Crippen molar-refractivity contribution in [2.24, 2.45) is 11.7 Å². The minimum atomic E-state index is 0.0173. The van der Waals surface area contributed by atoms with E-state index in [9.17, 15) is 4.79 Å². The largest absolute Gasteiger partial charge is 0.496 e. The molecule has 3 N–H and O–H groups in total. The maximum Gasteiger partial charge on any atom is 0.227 e. The van der Waals surface area contributed by atoms with Crippen LogP contribution in [0.1, 0.15) is 25.7 Å². The highest BCUT2D eigenvalue weighted by molar-refractivity contribution is 5.93. The first-order valence-electron chi connectivity index (χ1n) is 8.47. The number of benzene rings is 2. The first-order chi connectivity index (χ1) is 11.7. The standard InChI is InChI=1S/C20H24N2O2/c1-24-19-11-3-2-10-18(19)14-6-5-9-17(13-14)22-20(23)15-7-4-8-16(21)12-15/h2-3,5-6,9-11,13,15-16H,4,7-8,12,21H2,1H3,(H,22,23). The van der Waals surface area contributed by atoms with Crippen LogP contribution in [0.4, 0.5) is 5.69 Å². The van der Waals surface area contributed by atoms with Gasteiger partial charge in [0.25, 0.3) is 0 Å². The Morgan fingerprint density at radius 2 is 2.00 bits per heavy atom. The predicted molar refractivity (Wildman–Crippen MR) is 97.0 cm³/mol. The van der Waals surface area contributed by atoms with Crippen LogP contribution in [0.15, 0.2) is 48.5 Å². The third-order valence-electron chi connectivity index (χ3n) is 4.63. The summed E-state index contributed by atoms with van der Waals surface area (Å²) < 4.78 is 5.43. The molecule has 0 heterocycles. The van der Waals surface area contributed by atoms with Crippen LogP contribution in [0.25, 0.3) is 11.1 Å². The van der Waals surface area contributed by atoms with Crippen molar-refractivity contribution in [3.8, 4) is 16.9 Å². The zero-order chi connectivity index (χ0) is 16.9. The molecule has 1 saturated carbocycles. The van der Waals surface area contributed by atoms with Gasteiger partial charge in [-0.25, -0.2) is 0 Å². The molecule has 0 spiro atoms. The molecule has 4 heteroatoms. The number of hydrogen-bond donors (Lipinski definition) is 2. The molecule has 4 nitrogen and oxygen atoms in total. The van der Waals surface area contributed by atoms with Crippen LogP contribution in [-0.2, 0) is 4.79 Å². The van der Waals surface area contributed by atoms with Crippen molar-refractivity contribution in [2.45, 2.75) is 31.7 Å². The summed E-state index contributed by atoms with van der Waals surface area (Å²) >= 11 is 0. The van der Waals surface area contributed by atoms with Crippen molar-refractivity contribution in [1.29, 1.82) is 0 Å². The monoisotopic (exact) mass is 324 g/mol. The van der Waals surface area contributed by atoms with Crippen molar-refractivity contribution in [2.75, 3.05) is 12.4 Å². The molecule has 0 saturated heterocycles. The summed E-state index contributed by atoms with van der Waals surface area (Å²) in [5.41, 5.74) is 8.83. The number of para-hydroxylation sites is 1. The molecule has 24 heavy (non-hydrogen) atoms. The fourth-order valence-electron chi connectivity index (χ4n) is 3.36. The number of methoxy groups -OCH3 is 1. The molecule has 0 radical (unpaired) electrons. The van der Waals surface area contributed by atoms with E-state index in [-0.39, 0.29) is 17.9 Å². The van der Waals surface area contributed by atoms with Gasteiger partial charge in [-0.2, -0.15) is 0 Å². The van der Waals surface area contributed by atoms with Gasteiger partial charge in [-0.3, -0.25) is 4.79 Å². The molecule has 1 fully saturated rings. The SMILES string of the molecule is COc1ccccc1-c1cccc(NC(=O)C2CCCC(N)C2)c1. The third-order valence-corrected chi connectivity index (χ3v) is 4.63. The summed E-state index contributed by atoms with van der Waals surface area (Å²) in [6, 6.07) is 15.9. The Morgan fingerprint density at radius 3 is 2.79 bits per heavy atom. The van der Waals surface area contributed by atoms with Gasteiger partial charge in [-0.1, -0.05) is 36.8 Å². The van der Waals surface area contributed by atoms with E-state index in [1.807, 2.05) is 48.5 Å². The van der Waals surface area contributed by atoms with Gasteiger partial charge in [0.15, 0.2) is 0 Å². The molecular weight excluding hydrogens is 300 g/mol. The van der Waals surface area contributed by atoms with Crippen LogP contribution in [0, 0.1) is 5.92 Å². The summed E-state index contributed by atoms with van der Waals surface area (Å²) in [5.74, 6) is 0.908. The molecule has 0 bridgehead atoms. The third kappa shape index (κ3) is 3.77. The van der Waals surface area contributed by atoms with Gasteiger partial charge in [0.2, 0.25) is 5.91 Å². The second-order valence-corrected chi connectivity index (χ2v) is 6.39. The average Bonchev–Trinajstić information content (AvgIpc) is 2.62. The van der Waals surface area contributed by atoms with E-state index < -0.39 is 0 Å². The zero-order valence-corrected chi connectivity index (χ0v) is 14.0. The van der Waals surface area contributed by atoms with Gasteiger partial charge in [0.1, 0.15) is 5.75 Å². The summed E-state index contributed by atoms with van der Waals surface area (Å²) in [7, 11) is 1.66. The van der Waals surface area contributed by atoms with Crippen LogP contribution in [0.3, 0.4) is 0 Å². The number of carbonyl (C=O) groups excluding carboxylic acids is 1. The maximum atomic E-state index is 12.5. The molecule has 0 aliphatic heterocycles. The smallest absolute Gasteiger partial charge is 0.227 e. The summed E-state index contributed by atoms with van der Waals surface area (Å²) in [5, 5.41) is 3.04. The Labute approximate surface area is 143 Å². The number of amides is 1. The summed E-state index contributed by atoms with van der Waals surface area (Å²) in [6.45, 7) is 0. The molecule has 2 aromatic carbocycles. The van der Waals surface area contributed by atoms with Crippen LogP contribution in [0.2, 0.25) is 0 Å². The Bertz CT molecular complexity index is 714. The molecule has 0 aromatic heterocycles. The second-order valence-electron chi connectivity index (χ2n) is 6.39. The van der Waals surface area contributed by atoms with Gasteiger partial charge >= 0.3 is 0 Å². The molecule has 1 aliphatic carbocycles. The fraction of sp³-hybridized carbons (Fsp3) is 0.350. The summed E-state index contributed by atoms with van der Waals surface area (Å²) in [6.07, 6.45) is 3.75. The van der Waals surface area contributed by atoms with E-state index >= 15 is 0 Å². The van der Waals surface area contributed by atoms with Gasteiger partial charge < -0.3 is 15.8 Å². The molecule has 2 atom stereocenters. The van der Waals surface area contributed by atoms with Crippen LogP contribution < -0.4 is 15.8 Å². The van der Waals surface area contributed by atoms with E-state index in [2.05, 4.69) is 5.32 Å². The highest BCUT2D eigenvalue weighted by Gasteiger charge is 2.25. The quantitative estimate of drug-likeness (QED) is 0.898. The molecular formula is C20H24N2O2. The van der Waals surface area contributed by atoms with Gasteiger partial charge in [0.05, 0.1) is 7.11 Å². The van der Waals surface area contributed by atoms with Crippen molar-refractivity contribution in [1.82, 2.24) is 0 Å². The van der Waals surface area contributed by atoms with Gasteiger partial charge in [0, 0.05) is 23.2 Å². The van der Waals surface area contributed by atoms with Crippen molar-refractivity contribution in [3.63, 3.8) is 0 Å². The maximum absolute atomic E-state index is 12.5. The number of nitrogens with one attached hydrogen (secondary N) is 1. The number of anilines is 1. The second kappa shape index (κ2) is 7.49. The number of carbonyl (C=O) groups is 1. The molecule has 1 amide bonds. The molecule has 2 aromatic rings. The Morgan fingerprint density at radius 1 is 1.17 bits per heavy atom. The van der Waals surface area contributed by atoms with E-state index in [1.165, 1.54) is 0 Å². The van der Waals surface area contributed by atoms with Crippen LogP contribution in [0.5, 0.6) is 5.75 Å². The predicted octanol–water partition coefficient (Wildman–Crippen LogP) is 3.82. The van der Waals surface area contributed by atoms with E-state index in [0.717, 1.165) is 48.2 Å². The minimum absolute atomic E-state index is 0.0173. The zero-order valence-electron chi connectivity index (χ0n) is 14.0. The van der Waals surface area contributed by atoms with Crippen LogP contribution in [-0.4, -0.2) is 19.1 Å². The average molecular weight is 324 g/mol. The first-order valence-corrected chi connectivity index (χ1v) is 8.47. The lowest BCUT2D eigenvalue weighted by Gasteiger charge is -2.25. The number of ether oxygens (including phenoxy) is 1. The van der Waals surface area contributed by atoms with Crippen molar-refractivity contribution >= 4 is 11.6 Å². The lowest BCUT2D eigenvalue weighted by atomic mass is 9.85. The Kier molecular flexibility index (Phi) is 5.16. The minimum Gasteiger partial charge on any atom is -0.496 e. The highest BCUT2D eigenvalue weighted by atomic mass is 16.5. The number of nitrogens with two attached hydrogens (primary N) is 1. The van der Waals surface area contributed by atoms with Crippen molar-refractivity contribution in [3.05, 3.63) is 48.5 Å². The molecule has 1 aliphatic rings. The Hall–Kier alpha value is -2.33. The van der Waals surface area contributed by atoms with E-state index in [0.29, 0.717) is 0 Å². The normalized spacial score (nSPS) is 20.4. The van der Waals surface area contributed by atoms with E-state index in [4.69, 9.17) is 10.5 Å². The summed E-state index contributed by atoms with van der Waals surface area (Å²) in [4.78, 5) is 12.5. The first kappa shape index (κ1) is 16.5. The lowest BCUT2D eigenvalue weighted by Crippen LogP contribution is -2.34. The fourth-order valence-corrected chi connectivity index (χ4v) is 3.36. The van der Waals surface area contributed by atoms with Gasteiger partial charge in [-0.15, -0.1) is 0 Å². The Balaban J connectivity index is 1.77. The van der Waals surface area contributed by atoms with E-state index in [1.54, 1.807) is 7.11 Å².